The lowest BCUT2D eigenvalue weighted by Crippen LogP contribution is -2.36. The molecular formula is C22H25BrN4O. The van der Waals surface area contributed by atoms with Gasteiger partial charge in [-0.3, -0.25) is 4.79 Å². The number of anilines is 1. The van der Waals surface area contributed by atoms with E-state index < -0.39 is 0 Å². The predicted molar refractivity (Wildman–Crippen MR) is 116 cm³/mol. The van der Waals surface area contributed by atoms with E-state index in [0.29, 0.717) is 17.3 Å². The molecule has 0 radical (unpaired) electrons. The minimum atomic E-state index is -0.155. The Bertz CT molecular complexity index is 984. The van der Waals surface area contributed by atoms with E-state index in [1.807, 2.05) is 24.3 Å². The third-order valence-electron chi connectivity index (χ3n) is 5.57. The van der Waals surface area contributed by atoms with Gasteiger partial charge in [-0.2, -0.15) is 0 Å². The van der Waals surface area contributed by atoms with Crippen LogP contribution in [0.25, 0.3) is 11.0 Å². The van der Waals surface area contributed by atoms with Crippen LogP contribution >= 0.6 is 15.9 Å². The summed E-state index contributed by atoms with van der Waals surface area (Å²) in [4.78, 5) is 20.3. The number of carbonyl (C=O) groups is 1. The summed E-state index contributed by atoms with van der Waals surface area (Å²) in [6.07, 6.45) is 6.92. The van der Waals surface area contributed by atoms with Crippen LogP contribution < -0.4 is 10.6 Å². The molecule has 0 spiro atoms. The quantitative estimate of drug-likeness (QED) is 0.507. The first-order valence-electron chi connectivity index (χ1n) is 9.87. The number of carbonyl (C=O) groups excluding carboxylic acids is 1. The SMILES string of the molecule is CC1CCCCC1NCc1cc2cc(NC(=O)c3ccccc3Br)cnc2[nH]1. The van der Waals surface area contributed by atoms with Crippen molar-refractivity contribution in [1.29, 1.82) is 0 Å². The summed E-state index contributed by atoms with van der Waals surface area (Å²) in [5.41, 5.74) is 3.25. The lowest BCUT2D eigenvalue weighted by Gasteiger charge is -2.29. The number of hydrogen-bond donors (Lipinski definition) is 3. The van der Waals surface area contributed by atoms with E-state index >= 15 is 0 Å². The van der Waals surface area contributed by atoms with Gasteiger partial charge in [-0.15, -0.1) is 0 Å². The van der Waals surface area contributed by atoms with Gasteiger partial charge in [0, 0.05) is 28.1 Å². The van der Waals surface area contributed by atoms with E-state index in [2.05, 4.69) is 49.5 Å². The summed E-state index contributed by atoms with van der Waals surface area (Å²) in [6.45, 7) is 3.15. The molecule has 1 amide bonds. The number of aromatic amines is 1. The molecule has 1 aromatic carbocycles. The highest BCUT2D eigenvalue weighted by Gasteiger charge is 2.20. The zero-order chi connectivity index (χ0) is 19.5. The number of nitrogens with one attached hydrogen (secondary N) is 3. The van der Waals surface area contributed by atoms with Crippen molar-refractivity contribution in [1.82, 2.24) is 15.3 Å². The van der Waals surface area contributed by atoms with Crippen molar-refractivity contribution in [3.8, 4) is 0 Å². The molecule has 5 nitrogen and oxygen atoms in total. The fourth-order valence-electron chi connectivity index (χ4n) is 3.94. The summed E-state index contributed by atoms with van der Waals surface area (Å²) >= 11 is 3.42. The Kier molecular flexibility index (Phi) is 5.78. The molecular weight excluding hydrogens is 416 g/mol. The molecule has 2 heterocycles. The first kappa shape index (κ1) is 19.2. The van der Waals surface area contributed by atoms with E-state index in [-0.39, 0.29) is 5.91 Å². The van der Waals surface area contributed by atoms with Crippen LogP contribution in [0.3, 0.4) is 0 Å². The molecule has 3 N–H and O–H groups in total. The van der Waals surface area contributed by atoms with Crippen molar-refractivity contribution in [2.45, 2.75) is 45.2 Å². The Hall–Kier alpha value is -2.18. The maximum Gasteiger partial charge on any atom is 0.256 e. The Morgan fingerprint density at radius 1 is 1.25 bits per heavy atom. The number of halogens is 1. The molecule has 0 aliphatic heterocycles. The number of rotatable bonds is 5. The number of H-pyrrole nitrogens is 1. The fraction of sp³-hybridized carbons (Fsp3) is 0.364. The van der Waals surface area contributed by atoms with Crippen molar-refractivity contribution < 1.29 is 4.79 Å². The first-order chi connectivity index (χ1) is 13.6. The molecule has 2 aromatic heterocycles. The van der Waals surface area contributed by atoms with Crippen molar-refractivity contribution in [2.24, 2.45) is 5.92 Å². The smallest absolute Gasteiger partial charge is 0.256 e. The lowest BCUT2D eigenvalue weighted by molar-refractivity contribution is 0.102. The Morgan fingerprint density at radius 3 is 2.89 bits per heavy atom. The van der Waals surface area contributed by atoms with Gasteiger partial charge in [0.15, 0.2) is 0 Å². The summed E-state index contributed by atoms with van der Waals surface area (Å²) in [6, 6.07) is 12.0. The van der Waals surface area contributed by atoms with Gasteiger partial charge in [0.25, 0.3) is 5.91 Å². The van der Waals surface area contributed by atoms with Crippen LogP contribution in [0.1, 0.15) is 48.7 Å². The molecule has 1 aliphatic rings. The molecule has 1 aliphatic carbocycles. The Labute approximate surface area is 173 Å². The van der Waals surface area contributed by atoms with Crippen LogP contribution in [-0.2, 0) is 6.54 Å². The van der Waals surface area contributed by atoms with Crippen molar-refractivity contribution in [3.63, 3.8) is 0 Å². The number of nitrogens with zero attached hydrogens (tertiary/aromatic N) is 1. The van der Waals surface area contributed by atoms with Gasteiger partial charge < -0.3 is 15.6 Å². The minimum Gasteiger partial charge on any atom is -0.342 e. The second kappa shape index (κ2) is 8.45. The second-order valence-corrected chi connectivity index (χ2v) is 8.49. The summed E-state index contributed by atoms with van der Waals surface area (Å²) < 4.78 is 0.772. The summed E-state index contributed by atoms with van der Waals surface area (Å²) in [5.74, 6) is 0.577. The van der Waals surface area contributed by atoms with E-state index in [1.54, 1.807) is 12.3 Å². The maximum absolute atomic E-state index is 12.5. The van der Waals surface area contributed by atoms with Crippen LogP contribution in [0, 0.1) is 5.92 Å². The Balaban J connectivity index is 1.44. The van der Waals surface area contributed by atoms with Gasteiger partial charge in [-0.05, 0) is 59.0 Å². The van der Waals surface area contributed by atoms with E-state index in [9.17, 15) is 4.79 Å². The third-order valence-corrected chi connectivity index (χ3v) is 6.26. The number of hydrogen-bond acceptors (Lipinski definition) is 3. The maximum atomic E-state index is 12.5. The molecule has 28 heavy (non-hydrogen) atoms. The van der Waals surface area contributed by atoms with Gasteiger partial charge in [-0.25, -0.2) is 4.98 Å². The average molecular weight is 441 g/mol. The zero-order valence-corrected chi connectivity index (χ0v) is 17.6. The van der Waals surface area contributed by atoms with Crippen LogP contribution in [0.4, 0.5) is 5.69 Å². The van der Waals surface area contributed by atoms with Crippen LogP contribution in [0.5, 0.6) is 0 Å². The van der Waals surface area contributed by atoms with Gasteiger partial charge >= 0.3 is 0 Å². The van der Waals surface area contributed by atoms with Gasteiger partial charge in [0.1, 0.15) is 5.65 Å². The van der Waals surface area contributed by atoms with Crippen molar-refractivity contribution in [3.05, 3.63) is 58.3 Å². The van der Waals surface area contributed by atoms with Crippen molar-refractivity contribution >= 4 is 38.6 Å². The highest BCUT2D eigenvalue weighted by molar-refractivity contribution is 9.10. The highest BCUT2D eigenvalue weighted by Crippen LogP contribution is 2.25. The molecule has 0 saturated heterocycles. The monoisotopic (exact) mass is 440 g/mol. The van der Waals surface area contributed by atoms with E-state index in [0.717, 1.165) is 33.7 Å². The molecule has 3 aromatic rings. The van der Waals surface area contributed by atoms with E-state index in [1.165, 1.54) is 25.7 Å². The first-order valence-corrected chi connectivity index (χ1v) is 10.7. The largest absolute Gasteiger partial charge is 0.342 e. The lowest BCUT2D eigenvalue weighted by atomic mass is 9.86. The van der Waals surface area contributed by atoms with Crippen LogP contribution in [-0.4, -0.2) is 21.9 Å². The molecule has 1 fully saturated rings. The van der Waals surface area contributed by atoms with Gasteiger partial charge in [0.05, 0.1) is 17.4 Å². The number of fused-ring (bicyclic) bond motifs is 1. The summed E-state index contributed by atoms with van der Waals surface area (Å²) in [5, 5.41) is 7.62. The molecule has 0 bridgehead atoms. The zero-order valence-electron chi connectivity index (χ0n) is 16.0. The normalized spacial score (nSPS) is 19.6. The Morgan fingerprint density at radius 2 is 2.07 bits per heavy atom. The average Bonchev–Trinajstić information content (AvgIpc) is 3.10. The highest BCUT2D eigenvalue weighted by atomic mass is 79.9. The summed E-state index contributed by atoms with van der Waals surface area (Å²) in [7, 11) is 0. The number of amides is 1. The van der Waals surface area contributed by atoms with Crippen LogP contribution in [0.15, 0.2) is 47.1 Å². The molecule has 1 saturated carbocycles. The van der Waals surface area contributed by atoms with Gasteiger partial charge in [-0.1, -0.05) is 31.9 Å². The molecule has 146 valence electrons. The second-order valence-electron chi connectivity index (χ2n) is 7.64. The predicted octanol–water partition coefficient (Wildman–Crippen LogP) is 5.25. The number of pyridine rings is 1. The third kappa shape index (κ3) is 4.28. The van der Waals surface area contributed by atoms with Crippen molar-refractivity contribution in [2.75, 3.05) is 5.32 Å². The topological polar surface area (TPSA) is 69.8 Å². The molecule has 2 unspecified atom stereocenters. The standard InChI is InChI=1S/C22H25BrN4O/c1-14-6-2-5-9-20(14)24-12-16-10-15-11-17(13-25-21(15)26-16)27-22(28)18-7-3-4-8-19(18)23/h3-4,7-8,10-11,13-14,20,24H,2,5-6,9,12H2,1H3,(H,25,26)(H,27,28). The minimum absolute atomic E-state index is 0.155. The van der Waals surface area contributed by atoms with Gasteiger partial charge in [0.2, 0.25) is 0 Å². The van der Waals surface area contributed by atoms with E-state index in [4.69, 9.17) is 0 Å². The fourth-order valence-corrected chi connectivity index (χ4v) is 4.40. The molecule has 4 rings (SSSR count). The number of benzene rings is 1. The van der Waals surface area contributed by atoms with Crippen LogP contribution in [0.2, 0.25) is 0 Å². The molecule has 2 atom stereocenters. The number of aromatic nitrogens is 2. The molecule has 6 heteroatoms.